The van der Waals surface area contributed by atoms with Gasteiger partial charge in [-0.3, -0.25) is 14.4 Å². The molecule has 2 aliphatic heterocycles. The Bertz CT molecular complexity index is 741. The van der Waals surface area contributed by atoms with E-state index in [4.69, 9.17) is 0 Å². The van der Waals surface area contributed by atoms with Gasteiger partial charge in [-0.15, -0.1) is 11.8 Å². The SMILES string of the molecule is O=C1CC[C@@H](C(=O)N2CSC[C@@H]2C(=O)Nc2cccc(C(F)(F)F)c2)N1. The first kappa shape index (κ1) is 18.6. The molecular weight excluding hydrogens is 371 g/mol. The molecule has 3 rings (SSSR count). The van der Waals surface area contributed by atoms with Gasteiger partial charge in [-0.2, -0.15) is 13.2 Å². The van der Waals surface area contributed by atoms with Crippen LogP contribution in [0.4, 0.5) is 18.9 Å². The van der Waals surface area contributed by atoms with Crippen molar-refractivity contribution in [2.45, 2.75) is 31.1 Å². The number of carbonyl (C=O) groups is 3. The molecule has 10 heteroatoms. The van der Waals surface area contributed by atoms with Crippen LogP contribution in [-0.4, -0.2) is 46.3 Å². The lowest BCUT2D eigenvalue weighted by Crippen LogP contribution is -2.50. The molecule has 0 bridgehead atoms. The number of carbonyl (C=O) groups excluding carboxylic acids is 3. The molecule has 0 spiro atoms. The van der Waals surface area contributed by atoms with E-state index in [9.17, 15) is 27.6 Å². The Labute approximate surface area is 151 Å². The van der Waals surface area contributed by atoms with Crippen LogP contribution >= 0.6 is 11.8 Å². The first-order chi connectivity index (χ1) is 12.3. The molecule has 2 saturated heterocycles. The summed E-state index contributed by atoms with van der Waals surface area (Å²) in [4.78, 5) is 37.6. The summed E-state index contributed by atoms with van der Waals surface area (Å²) in [5.74, 6) is -0.458. The molecule has 1 aromatic rings. The van der Waals surface area contributed by atoms with Gasteiger partial charge < -0.3 is 15.5 Å². The second-order valence-electron chi connectivity index (χ2n) is 6.05. The van der Waals surface area contributed by atoms with Crippen LogP contribution in [0.25, 0.3) is 0 Å². The molecular formula is C16H16F3N3O3S. The van der Waals surface area contributed by atoms with E-state index in [1.54, 1.807) is 0 Å². The van der Waals surface area contributed by atoms with Crippen molar-refractivity contribution in [2.75, 3.05) is 16.9 Å². The van der Waals surface area contributed by atoms with E-state index >= 15 is 0 Å². The number of amides is 3. The molecule has 2 heterocycles. The number of anilines is 1. The lowest BCUT2D eigenvalue weighted by atomic mass is 10.1. The van der Waals surface area contributed by atoms with Gasteiger partial charge in [0.2, 0.25) is 17.7 Å². The van der Waals surface area contributed by atoms with E-state index in [1.165, 1.54) is 28.8 Å². The quantitative estimate of drug-likeness (QED) is 0.830. The summed E-state index contributed by atoms with van der Waals surface area (Å²) in [5.41, 5.74) is -0.846. The number of nitrogens with zero attached hydrogens (tertiary/aromatic N) is 1. The average molecular weight is 387 g/mol. The Morgan fingerprint density at radius 2 is 2.08 bits per heavy atom. The first-order valence-corrected chi connectivity index (χ1v) is 9.07. The van der Waals surface area contributed by atoms with Gasteiger partial charge in [-0.05, 0) is 24.6 Å². The number of halogens is 3. The molecule has 2 fully saturated rings. The summed E-state index contributed by atoms with van der Waals surface area (Å²) in [6.45, 7) is 0. The monoisotopic (exact) mass is 387 g/mol. The molecule has 140 valence electrons. The van der Waals surface area contributed by atoms with Gasteiger partial charge in [0.05, 0.1) is 11.4 Å². The van der Waals surface area contributed by atoms with E-state index < -0.39 is 29.7 Å². The lowest BCUT2D eigenvalue weighted by Gasteiger charge is -2.25. The summed E-state index contributed by atoms with van der Waals surface area (Å²) in [5, 5.41) is 5.01. The van der Waals surface area contributed by atoms with E-state index in [-0.39, 0.29) is 23.9 Å². The van der Waals surface area contributed by atoms with Gasteiger partial charge in [0.25, 0.3) is 0 Å². The summed E-state index contributed by atoms with van der Waals surface area (Å²) < 4.78 is 38.3. The van der Waals surface area contributed by atoms with Crippen LogP contribution in [-0.2, 0) is 20.6 Å². The number of benzene rings is 1. The van der Waals surface area contributed by atoms with Gasteiger partial charge in [0.1, 0.15) is 12.1 Å². The third kappa shape index (κ3) is 3.95. The number of nitrogens with one attached hydrogen (secondary N) is 2. The topological polar surface area (TPSA) is 78.5 Å². The van der Waals surface area contributed by atoms with E-state index in [0.29, 0.717) is 18.1 Å². The van der Waals surface area contributed by atoms with Crippen molar-refractivity contribution < 1.29 is 27.6 Å². The summed E-state index contributed by atoms with van der Waals surface area (Å²) >= 11 is 1.38. The molecule has 1 aromatic carbocycles. The second-order valence-corrected chi connectivity index (χ2v) is 7.05. The van der Waals surface area contributed by atoms with Gasteiger partial charge in [0, 0.05) is 17.9 Å². The van der Waals surface area contributed by atoms with Crippen LogP contribution in [0, 0.1) is 0 Å². The third-order valence-corrected chi connectivity index (χ3v) is 5.23. The van der Waals surface area contributed by atoms with Crippen LogP contribution in [0.3, 0.4) is 0 Å². The van der Waals surface area contributed by atoms with Gasteiger partial charge >= 0.3 is 6.18 Å². The zero-order valence-electron chi connectivity index (χ0n) is 13.5. The highest BCUT2D eigenvalue weighted by Gasteiger charge is 2.40. The zero-order valence-corrected chi connectivity index (χ0v) is 14.3. The van der Waals surface area contributed by atoms with Gasteiger partial charge in [-0.25, -0.2) is 0 Å². The highest BCUT2D eigenvalue weighted by molar-refractivity contribution is 7.99. The van der Waals surface area contributed by atoms with Crippen LogP contribution < -0.4 is 10.6 Å². The van der Waals surface area contributed by atoms with Crippen molar-refractivity contribution in [1.82, 2.24) is 10.2 Å². The van der Waals surface area contributed by atoms with E-state index in [0.717, 1.165) is 12.1 Å². The van der Waals surface area contributed by atoms with E-state index in [2.05, 4.69) is 10.6 Å². The molecule has 3 amide bonds. The third-order valence-electron chi connectivity index (χ3n) is 4.22. The Morgan fingerprint density at radius 1 is 1.31 bits per heavy atom. The van der Waals surface area contributed by atoms with Crippen molar-refractivity contribution in [3.8, 4) is 0 Å². The average Bonchev–Trinajstić information content (AvgIpc) is 3.22. The highest BCUT2D eigenvalue weighted by Crippen LogP contribution is 2.31. The molecule has 0 saturated carbocycles. The molecule has 2 N–H and O–H groups in total. The predicted octanol–water partition coefficient (Wildman–Crippen LogP) is 1.82. The van der Waals surface area contributed by atoms with Crippen LogP contribution in [0.2, 0.25) is 0 Å². The van der Waals surface area contributed by atoms with E-state index in [1.807, 2.05) is 0 Å². The summed E-state index contributed by atoms with van der Waals surface area (Å²) in [6, 6.07) is 2.89. The molecule has 0 unspecified atom stereocenters. The zero-order chi connectivity index (χ0) is 18.9. The Balaban J connectivity index is 1.69. The largest absolute Gasteiger partial charge is 0.416 e. The minimum Gasteiger partial charge on any atom is -0.344 e. The van der Waals surface area contributed by atoms with Crippen molar-refractivity contribution in [3.63, 3.8) is 0 Å². The van der Waals surface area contributed by atoms with Crippen molar-refractivity contribution in [3.05, 3.63) is 29.8 Å². The van der Waals surface area contributed by atoms with Crippen molar-refractivity contribution in [2.24, 2.45) is 0 Å². The molecule has 26 heavy (non-hydrogen) atoms. The van der Waals surface area contributed by atoms with Crippen molar-refractivity contribution >= 4 is 35.2 Å². The normalized spacial score (nSPS) is 23.0. The minimum atomic E-state index is -4.51. The Kier molecular flexibility index (Phi) is 5.12. The first-order valence-electron chi connectivity index (χ1n) is 7.91. The number of thioether (sulfide) groups is 1. The van der Waals surface area contributed by atoms with Crippen LogP contribution in [0.5, 0.6) is 0 Å². The maximum Gasteiger partial charge on any atom is 0.416 e. The number of rotatable bonds is 3. The molecule has 0 aromatic heterocycles. The second kappa shape index (κ2) is 7.18. The maximum absolute atomic E-state index is 12.8. The number of alkyl halides is 3. The number of hydrogen-bond donors (Lipinski definition) is 2. The smallest absolute Gasteiger partial charge is 0.344 e. The summed E-state index contributed by atoms with van der Waals surface area (Å²) in [6.07, 6.45) is -3.87. The fourth-order valence-corrected chi connectivity index (χ4v) is 4.04. The molecule has 0 radical (unpaired) electrons. The number of hydrogen-bond acceptors (Lipinski definition) is 4. The van der Waals surface area contributed by atoms with Gasteiger partial charge in [0.15, 0.2) is 0 Å². The Hall–Kier alpha value is -2.23. The van der Waals surface area contributed by atoms with Crippen LogP contribution in [0.15, 0.2) is 24.3 Å². The highest BCUT2D eigenvalue weighted by atomic mass is 32.2. The predicted molar refractivity (Wildman–Crippen MR) is 89.2 cm³/mol. The summed E-state index contributed by atoms with van der Waals surface area (Å²) in [7, 11) is 0. The lowest BCUT2D eigenvalue weighted by molar-refractivity contribution is -0.138. The molecule has 6 nitrogen and oxygen atoms in total. The standard InChI is InChI=1S/C16H16F3N3O3S/c17-16(18,19)9-2-1-3-10(6-9)20-14(24)12-7-26-8-22(12)15(25)11-4-5-13(23)21-11/h1-3,6,11-12H,4-5,7-8H2,(H,20,24)(H,21,23)/t11-,12+/m0/s1. The molecule has 0 aliphatic carbocycles. The molecule has 2 aliphatic rings. The van der Waals surface area contributed by atoms with Crippen LogP contribution in [0.1, 0.15) is 18.4 Å². The fourth-order valence-electron chi connectivity index (χ4n) is 2.88. The maximum atomic E-state index is 12.8. The van der Waals surface area contributed by atoms with Crippen molar-refractivity contribution in [1.29, 1.82) is 0 Å². The minimum absolute atomic E-state index is 0.0169. The molecule has 2 atom stereocenters. The van der Waals surface area contributed by atoms with Gasteiger partial charge in [-0.1, -0.05) is 6.07 Å². The fraction of sp³-hybridized carbons (Fsp3) is 0.438. The Morgan fingerprint density at radius 3 is 2.73 bits per heavy atom.